The van der Waals surface area contributed by atoms with Gasteiger partial charge in [0.1, 0.15) is 22.8 Å². The molecule has 0 aliphatic heterocycles. The Morgan fingerprint density at radius 3 is 2.18 bits per heavy atom. The van der Waals surface area contributed by atoms with Crippen LogP contribution < -0.4 is 19.9 Å². The molecule has 10 heteroatoms. The molecule has 9 nitrogen and oxygen atoms in total. The first-order valence-electron chi connectivity index (χ1n) is 9.73. The van der Waals surface area contributed by atoms with Crippen LogP contribution in [0.4, 0.5) is 5.69 Å². The summed E-state index contributed by atoms with van der Waals surface area (Å²) in [5.41, 5.74) is 0.295. The van der Waals surface area contributed by atoms with Gasteiger partial charge in [-0.3, -0.25) is 4.79 Å². The second-order valence-electron chi connectivity index (χ2n) is 6.88. The molecule has 1 atom stereocenters. The van der Waals surface area contributed by atoms with E-state index in [1.54, 1.807) is 24.3 Å². The largest absolute Gasteiger partial charge is 0.496 e. The number of hydrogen-bond acceptors (Lipinski definition) is 7. The number of rotatable bonds is 8. The van der Waals surface area contributed by atoms with Gasteiger partial charge in [-0.15, -0.1) is 0 Å². The van der Waals surface area contributed by atoms with E-state index in [-0.39, 0.29) is 16.2 Å². The number of ether oxygens (including phenoxy) is 3. The molecule has 0 aromatic heterocycles. The van der Waals surface area contributed by atoms with Gasteiger partial charge in [0.05, 0.1) is 12.0 Å². The Balaban J connectivity index is 1.64. The number of benzene rings is 3. The standard InChI is InChI=1S/C23H22N2O7S/c1-15(31-23(27)20-14-19(33(24,28)29)12-13-21(20)30-2)22(26)25-16-8-10-18(11-9-16)32-17-6-4-3-5-7-17/h3-15H,1-2H3,(H,25,26)(H2,24,28,29). The van der Waals surface area contributed by atoms with E-state index in [0.717, 1.165) is 6.07 Å². The van der Waals surface area contributed by atoms with Gasteiger partial charge in [-0.05, 0) is 61.5 Å². The summed E-state index contributed by atoms with van der Waals surface area (Å²) < 4.78 is 39.1. The highest BCUT2D eigenvalue weighted by Crippen LogP contribution is 2.24. The first kappa shape index (κ1) is 23.8. The molecule has 1 unspecified atom stereocenters. The fourth-order valence-electron chi connectivity index (χ4n) is 2.78. The lowest BCUT2D eigenvalue weighted by molar-refractivity contribution is -0.123. The SMILES string of the molecule is COc1ccc(S(N)(=O)=O)cc1C(=O)OC(C)C(=O)Nc1ccc(Oc2ccccc2)cc1. The van der Waals surface area contributed by atoms with Crippen molar-refractivity contribution in [2.45, 2.75) is 17.9 Å². The van der Waals surface area contributed by atoms with Crippen LogP contribution in [-0.2, 0) is 19.6 Å². The minimum atomic E-state index is -4.05. The highest BCUT2D eigenvalue weighted by atomic mass is 32.2. The van der Waals surface area contributed by atoms with Crippen molar-refractivity contribution in [3.63, 3.8) is 0 Å². The van der Waals surface area contributed by atoms with E-state index >= 15 is 0 Å². The molecule has 0 heterocycles. The molecule has 1 amide bonds. The maximum Gasteiger partial charge on any atom is 0.342 e. The van der Waals surface area contributed by atoms with Crippen LogP contribution in [0.5, 0.6) is 17.2 Å². The molecule has 33 heavy (non-hydrogen) atoms. The van der Waals surface area contributed by atoms with Crippen LogP contribution in [0.15, 0.2) is 77.7 Å². The van der Waals surface area contributed by atoms with Crippen molar-refractivity contribution in [1.82, 2.24) is 0 Å². The monoisotopic (exact) mass is 470 g/mol. The summed E-state index contributed by atoms with van der Waals surface area (Å²) in [4.78, 5) is 24.7. The number of methoxy groups -OCH3 is 1. The van der Waals surface area contributed by atoms with Crippen molar-refractivity contribution in [3.8, 4) is 17.2 Å². The lowest BCUT2D eigenvalue weighted by atomic mass is 10.2. The van der Waals surface area contributed by atoms with Crippen LogP contribution in [0.3, 0.4) is 0 Å². The van der Waals surface area contributed by atoms with Crippen LogP contribution in [0.2, 0.25) is 0 Å². The van der Waals surface area contributed by atoms with Crippen LogP contribution in [0.1, 0.15) is 17.3 Å². The van der Waals surface area contributed by atoms with E-state index in [1.807, 2.05) is 30.3 Å². The average Bonchev–Trinajstić information content (AvgIpc) is 2.79. The summed E-state index contributed by atoms with van der Waals surface area (Å²) in [5.74, 6) is -0.181. The molecule has 0 aliphatic rings. The number of primary sulfonamides is 1. The number of esters is 1. The lowest BCUT2D eigenvalue weighted by Gasteiger charge is -2.15. The topological polar surface area (TPSA) is 134 Å². The smallest absolute Gasteiger partial charge is 0.342 e. The van der Waals surface area contributed by atoms with Gasteiger partial charge in [-0.25, -0.2) is 18.4 Å². The molecule has 0 radical (unpaired) electrons. The van der Waals surface area contributed by atoms with E-state index in [1.165, 1.54) is 26.2 Å². The number of carbonyl (C=O) groups is 2. The number of nitrogens with one attached hydrogen (secondary N) is 1. The Hall–Kier alpha value is -3.89. The minimum Gasteiger partial charge on any atom is -0.496 e. The van der Waals surface area contributed by atoms with Crippen molar-refractivity contribution < 1.29 is 32.2 Å². The predicted molar refractivity (Wildman–Crippen MR) is 121 cm³/mol. The Morgan fingerprint density at radius 2 is 1.58 bits per heavy atom. The molecular weight excluding hydrogens is 448 g/mol. The zero-order valence-corrected chi connectivity index (χ0v) is 18.7. The van der Waals surface area contributed by atoms with Crippen LogP contribution in [0.25, 0.3) is 0 Å². The second-order valence-corrected chi connectivity index (χ2v) is 8.44. The number of anilines is 1. The van der Waals surface area contributed by atoms with Crippen LogP contribution in [0, 0.1) is 0 Å². The second kappa shape index (κ2) is 10.2. The van der Waals surface area contributed by atoms with Gasteiger partial charge in [0.25, 0.3) is 5.91 Å². The molecule has 0 saturated heterocycles. The lowest BCUT2D eigenvalue weighted by Crippen LogP contribution is -2.30. The minimum absolute atomic E-state index is 0.0778. The molecule has 3 aromatic carbocycles. The number of carbonyl (C=O) groups excluding carboxylic acids is 2. The third kappa shape index (κ3) is 6.31. The summed E-state index contributed by atoms with van der Waals surface area (Å²) in [6.07, 6.45) is -1.18. The van der Waals surface area contributed by atoms with E-state index in [0.29, 0.717) is 17.2 Å². The quantitative estimate of drug-likeness (QED) is 0.482. The molecule has 0 saturated carbocycles. The molecule has 3 aromatic rings. The van der Waals surface area contributed by atoms with Crippen molar-refractivity contribution in [2.24, 2.45) is 5.14 Å². The normalized spacial score (nSPS) is 11.8. The highest BCUT2D eigenvalue weighted by Gasteiger charge is 2.23. The van der Waals surface area contributed by atoms with Crippen molar-refractivity contribution >= 4 is 27.6 Å². The highest BCUT2D eigenvalue weighted by molar-refractivity contribution is 7.89. The fourth-order valence-corrected chi connectivity index (χ4v) is 3.32. The van der Waals surface area contributed by atoms with Crippen molar-refractivity contribution in [2.75, 3.05) is 12.4 Å². The number of sulfonamides is 1. The van der Waals surface area contributed by atoms with Gasteiger partial charge in [-0.1, -0.05) is 18.2 Å². The first-order chi connectivity index (χ1) is 15.7. The predicted octanol–water partition coefficient (Wildman–Crippen LogP) is 3.32. The summed E-state index contributed by atoms with van der Waals surface area (Å²) in [7, 11) is -2.74. The molecule has 0 spiro atoms. The van der Waals surface area contributed by atoms with E-state index in [9.17, 15) is 18.0 Å². The number of amides is 1. The Labute approximate surface area is 191 Å². The van der Waals surface area contributed by atoms with E-state index in [2.05, 4.69) is 5.32 Å². The number of para-hydroxylation sites is 1. The third-order valence-electron chi connectivity index (χ3n) is 4.47. The summed E-state index contributed by atoms with van der Waals surface area (Å²) in [6.45, 7) is 1.39. The molecular formula is C23H22N2O7S. The zero-order chi connectivity index (χ0) is 24.0. The zero-order valence-electron chi connectivity index (χ0n) is 17.8. The molecule has 0 bridgehead atoms. The van der Waals surface area contributed by atoms with Crippen molar-refractivity contribution in [1.29, 1.82) is 0 Å². The Morgan fingerprint density at radius 1 is 0.939 bits per heavy atom. The van der Waals surface area contributed by atoms with Crippen molar-refractivity contribution in [3.05, 3.63) is 78.4 Å². The molecule has 3 N–H and O–H groups in total. The molecule has 172 valence electrons. The van der Waals surface area contributed by atoms with E-state index < -0.39 is 28.0 Å². The van der Waals surface area contributed by atoms with Gasteiger partial charge < -0.3 is 19.5 Å². The van der Waals surface area contributed by atoms with Gasteiger partial charge in [0.15, 0.2) is 6.10 Å². The van der Waals surface area contributed by atoms with E-state index in [4.69, 9.17) is 19.3 Å². The Bertz CT molecular complexity index is 1240. The first-order valence-corrected chi connectivity index (χ1v) is 11.3. The van der Waals surface area contributed by atoms with Gasteiger partial charge in [-0.2, -0.15) is 0 Å². The van der Waals surface area contributed by atoms with Gasteiger partial charge in [0, 0.05) is 5.69 Å². The summed E-state index contributed by atoms with van der Waals surface area (Å²) >= 11 is 0. The maximum atomic E-state index is 12.6. The van der Waals surface area contributed by atoms with Gasteiger partial charge >= 0.3 is 5.97 Å². The average molecular weight is 471 g/mol. The molecule has 3 rings (SSSR count). The number of nitrogens with two attached hydrogens (primary N) is 1. The Kier molecular flexibility index (Phi) is 7.31. The summed E-state index contributed by atoms with van der Waals surface area (Å²) in [5, 5.41) is 7.75. The summed E-state index contributed by atoms with van der Waals surface area (Å²) in [6, 6.07) is 19.4. The van der Waals surface area contributed by atoms with Gasteiger partial charge in [0.2, 0.25) is 10.0 Å². The maximum absolute atomic E-state index is 12.6. The van der Waals surface area contributed by atoms with Crippen LogP contribution >= 0.6 is 0 Å². The molecule has 0 fully saturated rings. The molecule has 0 aliphatic carbocycles. The number of hydrogen-bond donors (Lipinski definition) is 2. The fraction of sp³-hybridized carbons (Fsp3) is 0.130. The third-order valence-corrected chi connectivity index (χ3v) is 5.38. The van der Waals surface area contributed by atoms with Crippen LogP contribution in [-0.4, -0.2) is 33.5 Å².